The number of benzene rings is 1. The molecule has 0 spiro atoms. The standard InChI is InChI=1S/C16H24N2O3S/c1-3-4-9-17-16(19)14-8-7-13(2)15(12-14)18-10-5-6-11-22(18,20)21/h7-8,12H,3-6,9-11H2,1-2H3,(H,17,19). The highest BCUT2D eigenvalue weighted by molar-refractivity contribution is 7.92. The molecule has 0 bridgehead atoms. The Balaban J connectivity index is 2.25. The zero-order valence-electron chi connectivity index (χ0n) is 13.3. The van der Waals surface area contributed by atoms with E-state index in [9.17, 15) is 13.2 Å². The van der Waals surface area contributed by atoms with Gasteiger partial charge in [0.2, 0.25) is 10.0 Å². The molecule has 1 amide bonds. The van der Waals surface area contributed by atoms with Crippen LogP contribution >= 0.6 is 0 Å². The average molecular weight is 324 g/mol. The van der Waals surface area contributed by atoms with Gasteiger partial charge in [-0.3, -0.25) is 9.10 Å². The van der Waals surface area contributed by atoms with Crippen molar-refractivity contribution in [2.24, 2.45) is 0 Å². The van der Waals surface area contributed by atoms with E-state index in [-0.39, 0.29) is 11.7 Å². The van der Waals surface area contributed by atoms with E-state index in [1.807, 2.05) is 13.0 Å². The quantitative estimate of drug-likeness (QED) is 0.846. The van der Waals surface area contributed by atoms with Crippen molar-refractivity contribution in [1.82, 2.24) is 5.32 Å². The van der Waals surface area contributed by atoms with Crippen molar-refractivity contribution in [3.05, 3.63) is 29.3 Å². The molecule has 0 saturated carbocycles. The maximum atomic E-state index is 12.3. The Morgan fingerprint density at radius 2 is 2.09 bits per heavy atom. The van der Waals surface area contributed by atoms with Crippen LogP contribution < -0.4 is 9.62 Å². The lowest BCUT2D eigenvalue weighted by atomic mass is 10.1. The van der Waals surface area contributed by atoms with Gasteiger partial charge in [0.15, 0.2) is 0 Å². The largest absolute Gasteiger partial charge is 0.352 e. The highest BCUT2D eigenvalue weighted by Gasteiger charge is 2.27. The Hall–Kier alpha value is -1.56. The van der Waals surface area contributed by atoms with E-state index in [1.165, 1.54) is 4.31 Å². The first-order valence-corrected chi connectivity index (χ1v) is 9.46. The van der Waals surface area contributed by atoms with E-state index >= 15 is 0 Å². The fraction of sp³-hybridized carbons (Fsp3) is 0.562. The summed E-state index contributed by atoms with van der Waals surface area (Å²) in [4.78, 5) is 12.1. The molecule has 5 nitrogen and oxygen atoms in total. The van der Waals surface area contributed by atoms with Crippen LogP contribution in [-0.4, -0.2) is 33.2 Å². The van der Waals surface area contributed by atoms with Crippen LogP contribution in [0.1, 0.15) is 48.5 Å². The molecule has 1 aliphatic heterocycles. The smallest absolute Gasteiger partial charge is 0.251 e. The lowest BCUT2D eigenvalue weighted by Crippen LogP contribution is -2.38. The van der Waals surface area contributed by atoms with E-state index in [1.54, 1.807) is 12.1 Å². The number of aryl methyl sites for hydroxylation is 1. The molecule has 122 valence electrons. The van der Waals surface area contributed by atoms with Crippen molar-refractivity contribution < 1.29 is 13.2 Å². The van der Waals surface area contributed by atoms with Gasteiger partial charge in [0, 0.05) is 18.7 Å². The Bertz CT molecular complexity index is 641. The maximum Gasteiger partial charge on any atom is 0.251 e. The molecular formula is C16H24N2O3S. The van der Waals surface area contributed by atoms with Crippen LogP contribution in [0.25, 0.3) is 0 Å². The molecule has 1 aliphatic rings. The van der Waals surface area contributed by atoms with E-state index in [0.29, 0.717) is 30.8 Å². The number of hydrogen-bond donors (Lipinski definition) is 1. The van der Waals surface area contributed by atoms with Crippen molar-refractivity contribution in [2.75, 3.05) is 23.1 Å². The average Bonchev–Trinajstić information content (AvgIpc) is 2.48. The van der Waals surface area contributed by atoms with Crippen LogP contribution in [0.2, 0.25) is 0 Å². The SMILES string of the molecule is CCCCNC(=O)c1ccc(C)c(N2CCCCS2(=O)=O)c1. The summed E-state index contributed by atoms with van der Waals surface area (Å²) in [7, 11) is -3.26. The number of anilines is 1. The molecule has 0 radical (unpaired) electrons. The van der Waals surface area contributed by atoms with Crippen molar-refractivity contribution in [2.45, 2.75) is 39.5 Å². The van der Waals surface area contributed by atoms with Gasteiger partial charge in [-0.2, -0.15) is 0 Å². The van der Waals surface area contributed by atoms with E-state index in [4.69, 9.17) is 0 Å². The summed E-state index contributed by atoms with van der Waals surface area (Å²) >= 11 is 0. The van der Waals surface area contributed by atoms with Crippen molar-refractivity contribution in [1.29, 1.82) is 0 Å². The minimum absolute atomic E-state index is 0.149. The highest BCUT2D eigenvalue weighted by atomic mass is 32.2. The molecule has 22 heavy (non-hydrogen) atoms. The van der Waals surface area contributed by atoms with Crippen molar-refractivity contribution in [3.63, 3.8) is 0 Å². The molecule has 1 fully saturated rings. The lowest BCUT2D eigenvalue weighted by molar-refractivity contribution is 0.0953. The van der Waals surface area contributed by atoms with Gasteiger partial charge in [-0.1, -0.05) is 19.4 Å². The summed E-state index contributed by atoms with van der Waals surface area (Å²) in [6.45, 7) is 5.07. The van der Waals surface area contributed by atoms with Gasteiger partial charge < -0.3 is 5.32 Å². The van der Waals surface area contributed by atoms with Gasteiger partial charge in [0.05, 0.1) is 11.4 Å². The van der Waals surface area contributed by atoms with Crippen LogP contribution in [-0.2, 0) is 10.0 Å². The van der Waals surface area contributed by atoms with Gasteiger partial charge in [0.1, 0.15) is 0 Å². The fourth-order valence-corrected chi connectivity index (χ4v) is 4.25. The molecule has 0 aliphatic carbocycles. The van der Waals surface area contributed by atoms with Gasteiger partial charge in [0.25, 0.3) is 5.91 Å². The van der Waals surface area contributed by atoms with Crippen LogP contribution in [0.4, 0.5) is 5.69 Å². The van der Waals surface area contributed by atoms with Crippen LogP contribution in [0, 0.1) is 6.92 Å². The molecule has 1 aromatic rings. The Morgan fingerprint density at radius 3 is 2.77 bits per heavy atom. The second-order valence-corrected chi connectivity index (χ2v) is 7.72. The van der Waals surface area contributed by atoms with Gasteiger partial charge in [-0.15, -0.1) is 0 Å². The third-order valence-corrected chi connectivity index (χ3v) is 5.76. The van der Waals surface area contributed by atoms with Gasteiger partial charge >= 0.3 is 0 Å². The van der Waals surface area contributed by atoms with Crippen molar-refractivity contribution in [3.8, 4) is 0 Å². The number of carbonyl (C=O) groups excluding carboxylic acids is 1. The number of nitrogens with one attached hydrogen (secondary N) is 1. The zero-order chi connectivity index (χ0) is 16.2. The number of unbranched alkanes of at least 4 members (excludes halogenated alkanes) is 1. The van der Waals surface area contributed by atoms with Gasteiger partial charge in [-0.05, 0) is 43.9 Å². The maximum absolute atomic E-state index is 12.3. The molecule has 2 rings (SSSR count). The summed E-state index contributed by atoms with van der Waals surface area (Å²) in [6.07, 6.45) is 3.51. The molecule has 1 N–H and O–H groups in total. The van der Waals surface area contributed by atoms with Crippen LogP contribution in [0.15, 0.2) is 18.2 Å². The minimum atomic E-state index is -3.26. The lowest BCUT2D eigenvalue weighted by Gasteiger charge is -2.29. The first-order chi connectivity index (χ1) is 10.5. The number of nitrogens with zero attached hydrogens (tertiary/aromatic N) is 1. The first-order valence-electron chi connectivity index (χ1n) is 7.85. The third kappa shape index (κ3) is 3.80. The minimum Gasteiger partial charge on any atom is -0.352 e. The Labute approximate surface area is 132 Å². The number of sulfonamides is 1. The molecule has 0 atom stereocenters. The third-order valence-electron chi connectivity index (χ3n) is 3.91. The molecule has 0 unspecified atom stereocenters. The second-order valence-electron chi connectivity index (χ2n) is 5.71. The Morgan fingerprint density at radius 1 is 1.32 bits per heavy atom. The van der Waals surface area contributed by atoms with Gasteiger partial charge in [-0.25, -0.2) is 8.42 Å². The Kier molecular flexibility index (Phi) is 5.45. The number of hydrogen-bond acceptors (Lipinski definition) is 3. The zero-order valence-corrected chi connectivity index (χ0v) is 14.1. The predicted molar refractivity (Wildman–Crippen MR) is 88.8 cm³/mol. The second kappa shape index (κ2) is 7.13. The monoisotopic (exact) mass is 324 g/mol. The van der Waals surface area contributed by atoms with Crippen LogP contribution in [0.5, 0.6) is 0 Å². The number of carbonyl (C=O) groups is 1. The van der Waals surface area contributed by atoms with E-state index in [2.05, 4.69) is 12.2 Å². The molecular weight excluding hydrogens is 300 g/mol. The topological polar surface area (TPSA) is 66.5 Å². The summed E-state index contributed by atoms with van der Waals surface area (Å²) < 4.78 is 26.0. The summed E-state index contributed by atoms with van der Waals surface area (Å²) in [6, 6.07) is 5.25. The fourth-order valence-electron chi connectivity index (χ4n) is 2.56. The van der Waals surface area contributed by atoms with E-state index < -0.39 is 10.0 Å². The molecule has 1 aromatic carbocycles. The first kappa shape index (κ1) is 16.8. The molecule has 1 saturated heterocycles. The van der Waals surface area contributed by atoms with Crippen LogP contribution in [0.3, 0.4) is 0 Å². The summed E-state index contributed by atoms with van der Waals surface area (Å²) in [5.74, 6) is 0.0310. The predicted octanol–water partition coefficient (Wildman–Crippen LogP) is 2.45. The molecule has 0 aromatic heterocycles. The number of rotatable bonds is 5. The normalized spacial score (nSPS) is 17.3. The molecule has 1 heterocycles. The number of amides is 1. The summed E-state index contributed by atoms with van der Waals surface area (Å²) in [5, 5.41) is 2.86. The van der Waals surface area contributed by atoms with E-state index in [0.717, 1.165) is 24.8 Å². The highest BCUT2D eigenvalue weighted by Crippen LogP contribution is 2.27. The summed E-state index contributed by atoms with van der Waals surface area (Å²) in [5.41, 5.74) is 2.01. The molecule has 6 heteroatoms. The van der Waals surface area contributed by atoms with Crippen molar-refractivity contribution >= 4 is 21.6 Å².